The zero-order chi connectivity index (χ0) is 23.2. The summed E-state index contributed by atoms with van der Waals surface area (Å²) in [5, 5.41) is 13.8. The maximum atomic E-state index is 3.95. The molecule has 2 aromatic rings. The molecule has 3 unspecified atom stereocenters. The average Bonchev–Trinajstić information content (AvgIpc) is 3.41. The molecule has 0 aliphatic heterocycles. The highest BCUT2D eigenvalue weighted by Crippen LogP contribution is 2.42. The normalized spacial score (nSPS) is 26.7. The number of aromatic amines is 2. The molecule has 32 heavy (non-hydrogen) atoms. The Hall–Kier alpha value is -2.62. The maximum absolute atomic E-state index is 3.95. The van der Waals surface area contributed by atoms with Gasteiger partial charge in [0.2, 0.25) is 0 Å². The number of aromatic nitrogens is 4. The van der Waals surface area contributed by atoms with Crippen LogP contribution in [0.1, 0.15) is 72.2 Å². The van der Waals surface area contributed by atoms with E-state index in [4.69, 9.17) is 0 Å². The number of hydrogen-bond donors (Lipinski definition) is 2. The zero-order valence-corrected chi connectivity index (χ0v) is 20.6. The smallest absolute Gasteiger partial charge is 0.0574 e. The summed E-state index contributed by atoms with van der Waals surface area (Å²) in [4.78, 5) is 0. The number of H-pyrrole nitrogens is 2. The SMILES string of the molecule is CC1=CCCC(C)(C)C1/C=C/c1ccn[nH]1.CC1C=CCC(C)(C)C1/C=C/c1ccn[nH]1. The Labute approximate surface area is 194 Å². The first-order valence-electron chi connectivity index (χ1n) is 11.9. The molecule has 2 aliphatic carbocycles. The second-order valence-electron chi connectivity index (χ2n) is 10.7. The predicted octanol–water partition coefficient (Wildman–Crippen LogP) is 7.47. The molecule has 0 radical (unpaired) electrons. The first-order valence-corrected chi connectivity index (χ1v) is 11.9. The highest BCUT2D eigenvalue weighted by atomic mass is 15.1. The van der Waals surface area contributed by atoms with Crippen molar-refractivity contribution in [2.45, 2.75) is 60.8 Å². The minimum atomic E-state index is 0.352. The van der Waals surface area contributed by atoms with Gasteiger partial charge < -0.3 is 0 Å². The lowest BCUT2D eigenvalue weighted by Crippen LogP contribution is -2.29. The summed E-state index contributed by atoms with van der Waals surface area (Å²) in [5.74, 6) is 1.76. The third-order valence-electron chi connectivity index (χ3n) is 7.14. The van der Waals surface area contributed by atoms with Crippen LogP contribution < -0.4 is 0 Å². The standard InChI is InChI=1S/2C14H20N2/c2*1-11-5-4-9-14(2,3)13(11)7-6-12-8-10-15-16-12/h5-8,10,13H,4,9H2,1-3H3,(H,15,16);4-8,10-11,13H,9H2,1-3H3,(H,15,16)/b2*7-6+. The monoisotopic (exact) mass is 432 g/mol. The van der Waals surface area contributed by atoms with Crippen LogP contribution in [-0.4, -0.2) is 20.4 Å². The molecular formula is C28H40N4. The second-order valence-corrected chi connectivity index (χ2v) is 10.7. The van der Waals surface area contributed by atoms with Crippen molar-refractivity contribution >= 4 is 12.2 Å². The minimum absolute atomic E-state index is 0.352. The summed E-state index contributed by atoms with van der Waals surface area (Å²) in [7, 11) is 0. The van der Waals surface area contributed by atoms with Crippen LogP contribution in [0.5, 0.6) is 0 Å². The molecule has 2 heterocycles. The molecule has 2 N–H and O–H groups in total. The van der Waals surface area contributed by atoms with Crippen LogP contribution in [0.25, 0.3) is 12.2 Å². The van der Waals surface area contributed by atoms with Crippen LogP contribution in [-0.2, 0) is 0 Å². The quantitative estimate of drug-likeness (QED) is 0.492. The molecule has 0 saturated heterocycles. The lowest BCUT2D eigenvalue weighted by molar-refractivity contribution is 0.208. The summed E-state index contributed by atoms with van der Waals surface area (Å²) in [6, 6.07) is 3.98. The Morgan fingerprint density at radius 1 is 0.938 bits per heavy atom. The molecule has 0 bridgehead atoms. The number of nitrogens with one attached hydrogen (secondary N) is 2. The van der Waals surface area contributed by atoms with Crippen LogP contribution in [0.4, 0.5) is 0 Å². The first-order chi connectivity index (χ1) is 15.2. The van der Waals surface area contributed by atoms with Gasteiger partial charge in [0.25, 0.3) is 0 Å². The van der Waals surface area contributed by atoms with Gasteiger partial charge in [-0.3, -0.25) is 10.2 Å². The van der Waals surface area contributed by atoms with Gasteiger partial charge in [0, 0.05) is 18.3 Å². The Morgan fingerprint density at radius 2 is 1.56 bits per heavy atom. The number of nitrogens with zero attached hydrogens (tertiary/aromatic N) is 2. The Morgan fingerprint density at radius 3 is 2.09 bits per heavy atom. The van der Waals surface area contributed by atoms with Crippen molar-refractivity contribution in [3.8, 4) is 0 Å². The van der Waals surface area contributed by atoms with E-state index < -0.39 is 0 Å². The van der Waals surface area contributed by atoms with Crippen LogP contribution >= 0.6 is 0 Å². The van der Waals surface area contributed by atoms with E-state index in [-0.39, 0.29) is 0 Å². The molecule has 2 aromatic heterocycles. The van der Waals surface area contributed by atoms with Crippen LogP contribution in [0.2, 0.25) is 0 Å². The van der Waals surface area contributed by atoms with Crippen molar-refractivity contribution in [2.24, 2.45) is 28.6 Å². The summed E-state index contributed by atoms with van der Waals surface area (Å²) >= 11 is 0. The van der Waals surface area contributed by atoms with E-state index in [2.05, 4.69) is 104 Å². The Kier molecular flexibility index (Phi) is 7.76. The largest absolute Gasteiger partial charge is 0.278 e. The molecule has 172 valence electrons. The fraction of sp³-hybridized carbons (Fsp3) is 0.500. The van der Waals surface area contributed by atoms with Gasteiger partial charge in [0.15, 0.2) is 0 Å². The van der Waals surface area contributed by atoms with E-state index >= 15 is 0 Å². The molecule has 0 amide bonds. The van der Waals surface area contributed by atoms with E-state index in [1.165, 1.54) is 18.4 Å². The predicted molar refractivity (Wildman–Crippen MR) is 136 cm³/mol. The van der Waals surface area contributed by atoms with Gasteiger partial charge in [0.05, 0.1) is 11.4 Å². The van der Waals surface area contributed by atoms with Gasteiger partial charge in [-0.2, -0.15) is 10.2 Å². The molecule has 4 rings (SSSR count). The number of rotatable bonds is 4. The third kappa shape index (κ3) is 6.21. The second kappa shape index (κ2) is 10.3. The average molecular weight is 433 g/mol. The van der Waals surface area contributed by atoms with Gasteiger partial charge in [-0.1, -0.05) is 70.6 Å². The molecular weight excluding hydrogens is 392 g/mol. The Balaban J connectivity index is 0.000000181. The fourth-order valence-electron chi connectivity index (χ4n) is 5.10. The third-order valence-corrected chi connectivity index (χ3v) is 7.14. The van der Waals surface area contributed by atoms with Gasteiger partial charge in [-0.15, -0.1) is 0 Å². The lowest BCUT2D eigenvalue weighted by atomic mass is 9.67. The molecule has 0 saturated carbocycles. The molecule has 4 heteroatoms. The van der Waals surface area contributed by atoms with Gasteiger partial charge >= 0.3 is 0 Å². The van der Waals surface area contributed by atoms with E-state index in [1.807, 2.05) is 12.1 Å². The molecule has 0 spiro atoms. The van der Waals surface area contributed by atoms with Crippen molar-refractivity contribution < 1.29 is 0 Å². The highest BCUT2D eigenvalue weighted by molar-refractivity contribution is 5.45. The van der Waals surface area contributed by atoms with Gasteiger partial charge in [0.1, 0.15) is 0 Å². The van der Waals surface area contributed by atoms with E-state index in [9.17, 15) is 0 Å². The number of allylic oxidation sites excluding steroid dienone is 6. The first kappa shape index (κ1) is 24.0. The van der Waals surface area contributed by atoms with Crippen molar-refractivity contribution in [1.82, 2.24) is 20.4 Å². The van der Waals surface area contributed by atoms with E-state index in [0.717, 1.165) is 17.8 Å². The summed E-state index contributed by atoms with van der Waals surface area (Å²) in [6.07, 6.45) is 23.1. The number of hydrogen-bond acceptors (Lipinski definition) is 2. The zero-order valence-electron chi connectivity index (χ0n) is 20.6. The van der Waals surface area contributed by atoms with Crippen molar-refractivity contribution in [2.75, 3.05) is 0 Å². The molecule has 3 atom stereocenters. The van der Waals surface area contributed by atoms with Gasteiger partial charge in [-0.25, -0.2) is 0 Å². The van der Waals surface area contributed by atoms with Crippen LogP contribution in [0, 0.1) is 28.6 Å². The minimum Gasteiger partial charge on any atom is -0.278 e. The molecule has 4 nitrogen and oxygen atoms in total. The molecule has 0 fully saturated rings. The van der Waals surface area contributed by atoms with Crippen molar-refractivity contribution in [3.63, 3.8) is 0 Å². The van der Waals surface area contributed by atoms with Crippen molar-refractivity contribution in [3.05, 3.63) is 71.9 Å². The van der Waals surface area contributed by atoms with E-state index in [1.54, 1.807) is 12.4 Å². The lowest BCUT2D eigenvalue weighted by Gasteiger charge is -2.38. The van der Waals surface area contributed by atoms with E-state index in [0.29, 0.717) is 28.6 Å². The fourth-order valence-corrected chi connectivity index (χ4v) is 5.10. The summed E-state index contributed by atoms with van der Waals surface area (Å²) in [5.41, 5.74) is 4.37. The summed E-state index contributed by atoms with van der Waals surface area (Å²) in [6.45, 7) is 13.9. The Bertz CT molecular complexity index is 938. The van der Waals surface area contributed by atoms with Crippen LogP contribution in [0.15, 0.2) is 60.5 Å². The highest BCUT2D eigenvalue weighted by Gasteiger charge is 2.32. The molecule has 0 aromatic carbocycles. The van der Waals surface area contributed by atoms with Crippen LogP contribution in [0.3, 0.4) is 0 Å². The van der Waals surface area contributed by atoms with Gasteiger partial charge in [-0.05, 0) is 73.1 Å². The summed E-state index contributed by atoms with van der Waals surface area (Å²) < 4.78 is 0. The maximum Gasteiger partial charge on any atom is 0.0574 e. The molecule has 2 aliphatic rings. The topological polar surface area (TPSA) is 57.4 Å². The van der Waals surface area contributed by atoms with Crippen molar-refractivity contribution in [1.29, 1.82) is 0 Å².